The minimum Gasteiger partial charge on any atom is -0.467 e. The Bertz CT molecular complexity index is 1460. The number of hydrogen-bond donors (Lipinski definition) is 3. The van der Waals surface area contributed by atoms with Crippen LogP contribution in [0.1, 0.15) is 38.3 Å². The number of nitrogens with one attached hydrogen (secondary N) is 3. The Morgan fingerprint density at radius 2 is 1.59 bits per heavy atom. The van der Waals surface area contributed by atoms with Gasteiger partial charge >= 0.3 is 12.1 Å². The first-order chi connectivity index (χ1) is 19.4. The Balaban J connectivity index is 1.45. The van der Waals surface area contributed by atoms with Gasteiger partial charge in [0.05, 0.1) is 19.0 Å². The molecule has 216 valence electrons. The molecule has 11 nitrogen and oxygen atoms in total. The predicted molar refractivity (Wildman–Crippen MR) is 150 cm³/mol. The van der Waals surface area contributed by atoms with E-state index < -0.39 is 53.5 Å². The summed E-state index contributed by atoms with van der Waals surface area (Å²) in [6.45, 7) is 5.29. The third-order valence-corrected chi connectivity index (χ3v) is 6.57. The van der Waals surface area contributed by atoms with Crippen molar-refractivity contribution in [3.05, 3.63) is 71.9 Å². The zero-order valence-corrected chi connectivity index (χ0v) is 23.4. The number of fused-ring (bicyclic) bond motifs is 1. The lowest BCUT2D eigenvalue weighted by atomic mass is 10.0. The van der Waals surface area contributed by atoms with E-state index in [4.69, 9.17) is 9.47 Å². The summed E-state index contributed by atoms with van der Waals surface area (Å²) in [6, 6.07) is 13.4. The fraction of sp³-hybridized carbons (Fsp3) is 0.367. The largest absolute Gasteiger partial charge is 0.467 e. The van der Waals surface area contributed by atoms with Crippen molar-refractivity contribution in [1.82, 2.24) is 20.5 Å². The van der Waals surface area contributed by atoms with Gasteiger partial charge in [0.15, 0.2) is 0 Å². The van der Waals surface area contributed by atoms with Gasteiger partial charge in [0.25, 0.3) is 0 Å². The zero-order chi connectivity index (χ0) is 29.7. The maximum atomic E-state index is 13.0. The standard InChI is InChI=1S/C30H34N4O7/c1-30(2,3)41-29(39)34-17-19(20-12-8-9-13-24(20)34)15-23(28(38)40-4)31-25(35)16-22-27(37)32-21(26(36)33-22)14-18-10-6-5-7-11-18/h5-13,17,21-23H,14-16H2,1-4H3,(H,31,35)(H,32,37)(H,33,36)/t21-,22-,23-/m0/s1. The Hall–Kier alpha value is -4.67. The van der Waals surface area contributed by atoms with Crippen molar-refractivity contribution in [2.24, 2.45) is 0 Å². The van der Waals surface area contributed by atoms with Crippen molar-refractivity contribution in [3.63, 3.8) is 0 Å². The number of aromatic nitrogens is 1. The second kappa shape index (κ2) is 12.2. The second-order valence-corrected chi connectivity index (χ2v) is 10.9. The molecule has 0 aliphatic carbocycles. The number of carbonyl (C=O) groups is 5. The summed E-state index contributed by atoms with van der Waals surface area (Å²) in [4.78, 5) is 63.8. The average Bonchev–Trinajstić information content (AvgIpc) is 3.29. The number of nitrogens with zero attached hydrogens (tertiary/aromatic N) is 1. The molecule has 2 heterocycles. The molecule has 0 unspecified atom stereocenters. The van der Waals surface area contributed by atoms with Crippen molar-refractivity contribution in [3.8, 4) is 0 Å². The van der Waals surface area contributed by atoms with E-state index in [0.29, 0.717) is 22.9 Å². The van der Waals surface area contributed by atoms with Gasteiger partial charge in [-0.05, 0) is 38.0 Å². The molecule has 3 amide bonds. The Morgan fingerprint density at radius 1 is 0.951 bits per heavy atom. The fourth-order valence-electron chi connectivity index (χ4n) is 4.68. The van der Waals surface area contributed by atoms with Crippen molar-refractivity contribution >= 4 is 40.7 Å². The molecule has 1 aliphatic heterocycles. The molecule has 41 heavy (non-hydrogen) atoms. The smallest absolute Gasteiger partial charge is 0.419 e. The number of para-hydroxylation sites is 1. The molecule has 0 saturated carbocycles. The molecule has 11 heteroatoms. The molecule has 2 aromatic carbocycles. The normalized spacial score (nSPS) is 17.8. The van der Waals surface area contributed by atoms with Gasteiger partial charge in [0.2, 0.25) is 17.7 Å². The maximum absolute atomic E-state index is 13.0. The van der Waals surface area contributed by atoms with Crippen LogP contribution in [0.15, 0.2) is 60.8 Å². The Kier molecular flexibility index (Phi) is 8.75. The van der Waals surface area contributed by atoms with Crippen LogP contribution in [0, 0.1) is 0 Å². The first-order valence-electron chi connectivity index (χ1n) is 13.3. The molecule has 1 aromatic heterocycles. The van der Waals surface area contributed by atoms with Crippen LogP contribution in [-0.4, -0.2) is 65.2 Å². The molecule has 4 rings (SSSR count). The monoisotopic (exact) mass is 562 g/mol. The molecule has 1 fully saturated rings. The number of methoxy groups -OCH3 is 1. The van der Waals surface area contributed by atoms with E-state index in [2.05, 4.69) is 16.0 Å². The third kappa shape index (κ3) is 7.30. The third-order valence-electron chi connectivity index (χ3n) is 6.57. The number of hydrogen-bond acceptors (Lipinski definition) is 7. The van der Waals surface area contributed by atoms with Crippen molar-refractivity contribution in [1.29, 1.82) is 0 Å². The van der Waals surface area contributed by atoms with Crippen LogP contribution in [0.2, 0.25) is 0 Å². The van der Waals surface area contributed by atoms with Gasteiger partial charge in [0, 0.05) is 24.4 Å². The van der Waals surface area contributed by atoms with Gasteiger partial charge in [-0.2, -0.15) is 0 Å². The van der Waals surface area contributed by atoms with Crippen molar-refractivity contribution in [2.75, 3.05) is 7.11 Å². The van der Waals surface area contributed by atoms with Crippen molar-refractivity contribution in [2.45, 2.75) is 63.8 Å². The highest BCUT2D eigenvalue weighted by molar-refractivity contribution is 5.99. The summed E-state index contributed by atoms with van der Waals surface area (Å²) in [5.41, 5.74) is 1.36. The van der Waals surface area contributed by atoms with Crippen LogP contribution >= 0.6 is 0 Å². The van der Waals surface area contributed by atoms with Gasteiger partial charge in [-0.25, -0.2) is 9.59 Å². The predicted octanol–water partition coefficient (Wildman–Crippen LogP) is 2.24. The van der Waals surface area contributed by atoms with Gasteiger partial charge < -0.3 is 25.4 Å². The van der Waals surface area contributed by atoms with Gasteiger partial charge in [-0.1, -0.05) is 48.5 Å². The topological polar surface area (TPSA) is 145 Å². The minimum atomic E-state index is -1.11. The summed E-state index contributed by atoms with van der Waals surface area (Å²) in [5.74, 6) is -2.22. The van der Waals surface area contributed by atoms with Crippen LogP contribution in [0.3, 0.4) is 0 Å². The molecule has 3 N–H and O–H groups in total. The van der Waals surface area contributed by atoms with Gasteiger partial charge in [0.1, 0.15) is 23.7 Å². The molecular formula is C30H34N4O7. The van der Waals surface area contributed by atoms with Gasteiger partial charge in [-0.15, -0.1) is 0 Å². The van der Waals surface area contributed by atoms with Crippen LogP contribution in [0.4, 0.5) is 4.79 Å². The molecular weight excluding hydrogens is 528 g/mol. The molecule has 3 aromatic rings. The van der Waals surface area contributed by atoms with E-state index in [1.807, 2.05) is 30.3 Å². The number of carbonyl (C=O) groups excluding carboxylic acids is 5. The highest BCUT2D eigenvalue weighted by atomic mass is 16.6. The van der Waals surface area contributed by atoms with E-state index in [1.165, 1.54) is 11.7 Å². The molecule has 0 bridgehead atoms. The number of ether oxygens (including phenoxy) is 2. The zero-order valence-electron chi connectivity index (χ0n) is 23.4. The average molecular weight is 563 g/mol. The molecule has 1 saturated heterocycles. The van der Waals surface area contributed by atoms with E-state index >= 15 is 0 Å². The van der Waals surface area contributed by atoms with E-state index in [1.54, 1.807) is 51.2 Å². The molecule has 0 spiro atoms. The maximum Gasteiger partial charge on any atom is 0.419 e. The van der Waals surface area contributed by atoms with Crippen LogP contribution in [-0.2, 0) is 41.5 Å². The van der Waals surface area contributed by atoms with Gasteiger partial charge in [-0.3, -0.25) is 19.0 Å². The van der Waals surface area contributed by atoms with Crippen LogP contribution < -0.4 is 16.0 Å². The molecule has 1 aliphatic rings. The number of esters is 1. The fourth-order valence-corrected chi connectivity index (χ4v) is 4.68. The van der Waals surface area contributed by atoms with E-state index in [0.717, 1.165) is 5.56 Å². The summed E-state index contributed by atoms with van der Waals surface area (Å²) in [5, 5.41) is 8.61. The SMILES string of the molecule is COC(=O)[C@H](Cc1cn(C(=O)OC(C)(C)C)c2ccccc12)NC(=O)C[C@@H]1NC(=O)[C@H](Cc2ccccc2)NC1=O. The number of amides is 3. The summed E-state index contributed by atoms with van der Waals surface area (Å²) in [6.07, 6.45) is 0.948. The lowest BCUT2D eigenvalue weighted by Crippen LogP contribution is -2.63. The minimum absolute atomic E-state index is 0.0110. The number of piperazine rings is 1. The molecule has 3 atom stereocenters. The first kappa shape index (κ1) is 29.3. The highest BCUT2D eigenvalue weighted by Crippen LogP contribution is 2.24. The van der Waals surface area contributed by atoms with Crippen LogP contribution in [0.25, 0.3) is 10.9 Å². The number of rotatable bonds is 8. The lowest BCUT2D eigenvalue weighted by Gasteiger charge is -2.29. The summed E-state index contributed by atoms with van der Waals surface area (Å²) >= 11 is 0. The highest BCUT2D eigenvalue weighted by Gasteiger charge is 2.35. The summed E-state index contributed by atoms with van der Waals surface area (Å²) in [7, 11) is 1.20. The first-order valence-corrected chi connectivity index (χ1v) is 13.3. The lowest BCUT2D eigenvalue weighted by molar-refractivity contribution is -0.145. The van der Waals surface area contributed by atoms with Crippen LogP contribution in [0.5, 0.6) is 0 Å². The molecule has 0 radical (unpaired) electrons. The quantitative estimate of drug-likeness (QED) is 0.357. The van der Waals surface area contributed by atoms with Crippen molar-refractivity contribution < 1.29 is 33.4 Å². The Morgan fingerprint density at radius 3 is 2.27 bits per heavy atom. The second-order valence-electron chi connectivity index (χ2n) is 10.9. The number of benzene rings is 2. The Labute approximate surface area is 237 Å². The van der Waals surface area contributed by atoms with E-state index in [-0.39, 0.29) is 12.8 Å². The van der Waals surface area contributed by atoms with E-state index in [9.17, 15) is 24.0 Å². The summed E-state index contributed by atoms with van der Waals surface area (Å²) < 4.78 is 11.8.